The highest BCUT2D eigenvalue weighted by molar-refractivity contribution is 5.94. The Bertz CT molecular complexity index is 583. The summed E-state index contributed by atoms with van der Waals surface area (Å²) in [5.74, 6) is -0.0922. The lowest BCUT2D eigenvalue weighted by atomic mass is 10.2. The van der Waals surface area contributed by atoms with Crippen LogP contribution in [0, 0.1) is 11.3 Å². The highest BCUT2D eigenvalue weighted by atomic mass is 16.3. The summed E-state index contributed by atoms with van der Waals surface area (Å²) in [5, 5.41) is 8.44. The Morgan fingerprint density at radius 2 is 2.41 bits per heavy atom. The molecule has 2 rings (SSSR count). The predicted molar refractivity (Wildman–Crippen MR) is 62.3 cm³/mol. The molecule has 0 fully saturated rings. The highest BCUT2D eigenvalue weighted by Gasteiger charge is 2.11. The number of benzene rings is 1. The zero-order chi connectivity index (χ0) is 12.3. The Labute approximate surface area is 98.3 Å². The molecule has 0 aliphatic heterocycles. The molecule has 5 heteroatoms. The number of rotatable bonds is 3. The number of fused-ring (bicyclic) bond motifs is 1. The minimum absolute atomic E-state index is 0.0922. The zero-order valence-electron chi connectivity index (χ0n) is 9.38. The molecular weight excluding hydrogens is 218 g/mol. The maximum atomic E-state index is 11.7. The first-order chi connectivity index (χ1) is 8.22. The monoisotopic (exact) mass is 229 g/mol. The Hall–Kier alpha value is -2.35. The van der Waals surface area contributed by atoms with Gasteiger partial charge in [0.25, 0.3) is 0 Å². The van der Waals surface area contributed by atoms with Crippen LogP contribution in [0.3, 0.4) is 0 Å². The number of amides is 1. The van der Waals surface area contributed by atoms with E-state index in [1.807, 2.05) is 6.07 Å². The van der Waals surface area contributed by atoms with Crippen molar-refractivity contribution in [2.45, 2.75) is 12.8 Å². The van der Waals surface area contributed by atoms with E-state index in [9.17, 15) is 4.79 Å². The third kappa shape index (κ3) is 2.26. The topological polar surface area (TPSA) is 70.1 Å². The van der Waals surface area contributed by atoms with Gasteiger partial charge in [0, 0.05) is 31.6 Å². The lowest BCUT2D eigenvalue weighted by Gasteiger charge is -2.16. The van der Waals surface area contributed by atoms with E-state index in [1.165, 1.54) is 11.3 Å². The van der Waals surface area contributed by atoms with E-state index in [4.69, 9.17) is 9.68 Å². The van der Waals surface area contributed by atoms with E-state index in [0.29, 0.717) is 5.58 Å². The third-order valence-electron chi connectivity index (χ3n) is 2.53. The SMILES string of the molecule is CN(C(=O)CCC#N)c1ccc2ncoc2c1. The van der Waals surface area contributed by atoms with Gasteiger partial charge in [0.2, 0.25) is 5.91 Å². The zero-order valence-corrected chi connectivity index (χ0v) is 9.38. The van der Waals surface area contributed by atoms with Crippen molar-refractivity contribution in [2.24, 2.45) is 0 Å². The molecule has 0 unspecified atom stereocenters. The van der Waals surface area contributed by atoms with Crippen molar-refractivity contribution in [1.82, 2.24) is 4.98 Å². The second-order valence-electron chi connectivity index (χ2n) is 3.62. The van der Waals surface area contributed by atoms with Gasteiger partial charge in [-0.15, -0.1) is 0 Å². The number of hydrogen-bond acceptors (Lipinski definition) is 4. The van der Waals surface area contributed by atoms with Crippen molar-refractivity contribution in [3.05, 3.63) is 24.6 Å². The molecule has 17 heavy (non-hydrogen) atoms. The average Bonchev–Trinajstić information content (AvgIpc) is 2.81. The van der Waals surface area contributed by atoms with E-state index in [2.05, 4.69) is 4.98 Å². The highest BCUT2D eigenvalue weighted by Crippen LogP contribution is 2.21. The van der Waals surface area contributed by atoms with E-state index in [1.54, 1.807) is 25.2 Å². The minimum atomic E-state index is -0.0922. The smallest absolute Gasteiger partial charge is 0.227 e. The first kappa shape index (κ1) is 11.1. The lowest BCUT2D eigenvalue weighted by molar-refractivity contribution is -0.118. The van der Waals surface area contributed by atoms with Crippen LogP contribution in [0.25, 0.3) is 11.1 Å². The van der Waals surface area contributed by atoms with Crippen LogP contribution in [0.4, 0.5) is 5.69 Å². The van der Waals surface area contributed by atoms with Crippen LogP contribution in [0.1, 0.15) is 12.8 Å². The van der Waals surface area contributed by atoms with Crippen LogP contribution in [-0.2, 0) is 4.79 Å². The number of nitrogens with zero attached hydrogens (tertiary/aromatic N) is 3. The Balaban J connectivity index is 2.21. The molecule has 0 bridgehead atoms. The van der Waals surface area contributed by atoms with Gasteiger partial charge in [-0.3, -0.25) is 4.79 Å². The van der Waals surface area contributed by atoms with Gasteiger partial charge in [-0.05, 0) is 12.1 Å². The van der Waals surface area contributed by atoms with Crippen molar-refractivity contribution < 1.29 is 9.21 Å². The fourth-order valence-electron chi connectivity index (χ4n) is 1.53. The van der Waals surface area contributed by atoms with Crippen LogP contribution in [0.2, 0.25) is 0 Å². The maximum Gasteiger partial charge on any atom is 0.227 e. The standard InChI is InChI=1S/C12H11N3O2/c1-15(12(16)3-2-6-13)9-4-5-10-11(7-9)17-8-14-10/h4-5,7-8H,2-3H2,1H3. The van der Waals surface area contributed by atoms with Crippen LogP contribution in [0.15, 0.2) is 29.0 Å². The molecule has 0 atom stereocenters. The Kier molecular flexibility index (Phi) is 3.06. The third-order valence-corrected chi connectivity index (χ3v) is 2.53. The van der Waals surface area contributed by atoms with Crippen molar-refractivity contribution in [3.8, 4) is 6.07 Å². The maximum absolute atomic E-state index is 11.7. The Morgan fingerprint density at radius 3 is 3.18 bits per heavy atom. The summed E-state index contributed by atoms with van der Waals surface area (Å²) in [4.78, 5) is 17.2. The molecule has 0 spiro atoms. The summed E-state index contributed by atoms with van der Waals surface area (Å²) in [6, 6.07) is 7.31. The molecule has 0 saturated heterocycles. The second-order valence-corrected chi connectivity index (χ2v) is 3.62. The van der Waals surface area contributed by atoms with Gasteiger partial charge < -0.3 is 9.32 Å². The Morgan fingerprint density at radius 1 is 1.59 bits per heavy atom. The van der Waals surface area contributed by atoms with Gasteiger partial charge in [0.05, 0.1) is 6.07 Å². The fourth-order valence-corrected chi connectivity index (χ4v) is 1.53. The molecule has 1 heterocycles. The molecular formula is C12H11N3O2. The van der Waals surface area contributed by atoms with Crippen molar-refractivity contribution in [1.29, 1.82) is 5.26 Å². The first-order valence-electron chi connectivity index (χ1n) is 5.19. The van der Waals surface area contributed by atoms with Gasteiger partial charge in [-0.25, -0.2) is 4.98 Å². The van der Waals surface area contributed by atoms with Gasteiger partial charge in [0.15, 0.2) is 12.0 Å². The molecule has 0 aliphatic rings. The van der Waals surface area contributed by atoms with E-state index in [-0.39, 0.29) is 18.7 Å². The molecule has 0 radical (unpaired) electrons. The van der Waals surface area contributed by atoms with Crippen molar-refractivity contribution >= 4 is 22.7 Å². The average molecular weight is 229 g/mol. The minimum Gasteiger partial charge on any atom is -0.443 e. The summed E-state index contributed by atoms with van der Waals surface area (Å²) >= 11 is 0. The number of aromatic nitrogens is 1. The number of anilines is 1. The summed E-state index contributed by atoms with van der Waals surface area (Å²) in [6.07, 6.45) is 1.82. The molecule has 86 valence electrons. The van der Waals surface area contributed by atoms with Gasteiger partial charge >= 0.3 is 0 Å². The quantitative estimate of drug-likeness (QED) is 0.808. The van der Waals surface area contributed by atoms with Crippen LogP contribution in [0.5, 0.6) is 0 Å². The van der Waals surface area contributed by atoms with Gasteiger partial charge in [-0.1, -0.05) is 0 Å². The van der Waals surface area contributed by atoms with Gasteiger partial charge in [0.1, 0.15) is 5.52 Å². The van der Waals surface area contributed by atoms with E-state index >= 15 is 0 Å². The van der Waals surface area contributed by atoms with Gasteiger partial charge in [-0.2, -0.15) is 5.26 Å². The molecule has 1 aromatic carbocycles. The number of nitriles is 1. The van der Waals surface area contributed by atoms with E-state index in [0.717, 1.165) is 11.2 Å². The molecule has 0 saturated carbocycles. The molecule has 1 aromatic heterocycles. The van der Waals surface area contributed by atoms with Crippen molar-refractivity contribution in [2.75, 3.05) is 11.9 Å². The lowest BCUT2D eigenvalue weighted by Crippen LogP contribution is -2.25. The molecule has 1 amide bonds. The summed E-state index contributed by atoms with van der Waals surface area (Å²) in [5.41, 5.74) is 2.13. The number of oxazole rings is 1. The van der Waals surface area contributed by atoms with Crippen LogP contribution < -0.4 is 4.90 Å². The predicted octanol–water partition coefficient (Wildman–Crippen LogP) is 2.09. The van der Waals surface area contributed by atoms with Crippen LogP contribution >= 0.6 is 0 Å². The number of hydrogen-bond donors (Lipinski definition) is 0. The number of carbonyl (C=O) groups is 1. The first-order valence-corrected chi connectivity index (χ1v) is 5.19. The normalized spacial score (nSPS) is 10.1. The van der Waals surface area contributed by atoms with Crippen molar-refractivity contribution in [3.63, 3.8) is 0 Å². The summed E-state index contributed by atoms with van der Waals surface area (Å²) in [7, 11) is 1.68. The van der Waals surface area contributed by atoms with Crippen LogP contribution in [-0.4, -0.2) is 17.9 Å². The largest absolute Gasteiger partial charge is 0.443 e. The molecule has 5 nitrogen and oxygen atoms in total. The molecule has 2 aromatic rings. The second kappa shape index (κ2) is 4.66. The summed E-state index contributed by atoms with van der Waals surface area (Å²) in [6.45, 7) is 0. The summed E-state index contributed by atoms with van der Waals surface area (Å²) < 4.78 is 5.17. The molecule has 0 N–H and O–H groups in total. The fraction of sp³-hybridized carbons (Fsp3) is 0.250. The van der Waals surface area contributed by atoms with E-state index < -0.39 is 0 Å². The number of carbonyl (C=O) groups excluding carboxylic acids is 1. The molecule has 0 aliphatic carbocycles.